The minimum Gasteiger partial charge on any atom is -0.469 e. The number of methoxy groups -OCH3 is 1. The van der Waals surface area contributed by atoms with E-state index in [2.05, 4.69) is 25.9 Å². The number of aromatic nitrogens is 1. The van der Waals surface area contributed by atoms with Crippen LogP contribution in [0.1, 0.15) is 41.0 Å². The lowest BCUT2D eigenvalue weighted by Gasteiger charge is -2.11. The average Bonchev–Trinajstić information content (AvgIpc) is 3.11. The van der Waals surface area contributed by atoms with E-state index in [-0.39, 0.29) is 11.9 Å². The van der Waals surface area contributed by atoms with Crippen LogP contribution in [0, 0.1) is 6.92 Å². The van der Waals surface area contributed by atoms with Crippen LogP contribution in [0.15, 0.2) is 30.3 Å². The van der Waals surface area contributed by atoms with Gasteiger partial charge in [0.15, 0.2) is 5.11 Å². The summed E-state index contributed by atoms with van der Waals surface area (Å²) in [6.45, 7) is 2.46. The molecule has 0 radical (unpaired) electrons. The highest BCUT2D eigenvalue weighted by Crippen LogP contribution is 2.27. The molecule has 3 N–H and O–H groups in total. The van der Waals surface area contributed by atoms with E-state index in [1.165, 1.54) is 18.4 Å². The van der Waals surface area contributed by atoms with Gasteiger partial charge >= 0.3 is 5.97 Å². The molecule has 0 spiro atoms. The second-order valence-electron chi connectivity index (χ2n) is 6.02. The van der Waals surface area contributed by atoms with Crippen molar-refractivity contribution in [3.05, 3.63) is 40.9 Å². The fourth-order valence-corrected chi connectivity index (χ4v) is 3.52. The summed E-state index contributed by atoms with van der Waals surface area (Å²) in [4.78, 5) is 28.4. The number of ether oxygens (including phenoxy) is 1. The lowest BCUT2D eigenvalue weighted by atomic mass is 10.2. The van der Waals surface area contributed by atoms with Crippen molar-refractivity contribution >= 4 is 40.5 Å². The number of nitrogens with zero attached hydrogens (tertiary/aromatic N) is 1. The van der Waals surface area contributed by atoms with Crippen LogP contribution in [-0.4, -0.2) is 35.6 Å². The highest BCUT2D eigenvalue weighted by Gasteiger charge is 2.16. The van der Waals surface area contributed by atoms with Gasteiger partial charge in [0, 0.05) is 18.5 Å². The van der Waals surface area contributed by atoms with E-state index in [1.54, 1.807) is 0 Å². The molecule has 150 valence electrons. The first-order chi connectivity index (χ1) is 13.5. The van der Waals surface area contributed by atoms with Crippen LogP contribution in [0.2, 0.25) is 0 Å². The summed E-state index contributed by atoms with van der Waals surface area (Å²) in [6, 6.07) is 9.74. The van der Waals surface area contributed by atoms with E-state index in [0.717, 1.165) is 29.8 Å². The van der Waals surface area contributed by atoms with Crippen LogP contribution >= 0.6 is 23.6 Å². The number of unbranched alkanes of at least 4 members (excludes halogenated alkanes) is 2. The summed E-state index contributed by atoms with van der Waals surface area (Å²) in [5.74, 6) is -0.471. The number of thiocarbonyl (C=S) groups is 1. The number of benzene rings is 1. The molecule has 2 aromatic rings. The molecule has 2 rings (SSSR count). The zero-order chi connectivity index (χ0) is 20.4. The topological polar surface area (TPSA) is 92.4 Å². The molecule has 1 aromatic carbocycles. The SMILES string of the molecule is COC(=O)CCCCCNC(=S)NNC(=O)c1sc(-c2ccccc2)nc1C. The van der Waals surface area contributed by atoms with Crippen LogP contribution in [0.5, 0.6) is 0 Å². The summed E-state index contributed by atoms with van der Waals surface area (Å²) in [7, 11) is 1.39. The predicted octanol–water partition coefficient (Wildman–Crippen LogP) is 2.96. The third-order valence-electron chi connectivity index (χ3n) is 3.88. The van der Waals surface area contributed by atoms with Crippen molar-refractivity contribution in [3.8, 4) is 10.6 Å². The zero-order valence-electron chi connectivity index (χ0n) is 15.9. The highest BCUT2D eigenvalue weighted by atomic mass is 32.1. The maximum Gasteiger partial charge on any atom is 0.305 e. The Hall–Kier alpha value is -2.52. The third-order valence-corrected chi connectivity index (χ3v) is 5.34. The molecule has 28 heavy (non-hydrogen) atoms. The quantitative estimate of drug-likeness (QED) is 0.262. The number of hydrazine groups is 1. The number of nitrogens with one attached hydrogen (secondary N) is 3. The smallest absolute Gasteiger partial charge is 0.305 e. The van der Waals surface area contributed by atoms with Gasteiger partial charge < -0.3 is 10.1 Å². The Balaban J connectivity index is 1.71. The van der Waals surface area contributed by atoms with Crippen molar-refractivity contribution in [2.45, 2.75) is 32.6 Å². The van der Waals surface area contributed by atoms with Gasteiger partial charge in [0.25, 0.3) is 5.91 Å². The summed E-state index contributed by atoms with van der Waals surface area (Å²) in [5.41, 5.74) is 6.95. The lowest BCUT2D eigenvalue weighted by Crippen LogP contribution is -2.46. The Morgan fingerprint density at radius 2 is 1.89 bits per heavy atom. The molecule has 0 bridgehead atoms. The van der Waals surface area contributed by atoms with Gasteiger partial charge in [0.05, 0.1) is 12.8 Å². The Morgan fingerprint density at radius 3 is 2.61 bits per heavy atom. The first-order valence-corrected chi connectivity index (χ1v) is 10.2. The summed E-state index contributed by atoms with van der Waals surface area (Å²) in [5, 5.41) is 4.16. The monoisotopic (exact) mass is 420 g/mol. The van der Waals surface area contributed by atoms with Crippen molar-refractivity contribution in [1.29, 1.82) is 0 Å². The van der Waals surface area contributed by atoms with E-state index in [0.29, 0.717) is 28.6 Å². The molecular weight excluding hydrogens is 396 g/mol. The number of hydrogen-bond donors (Lipinski definition) is 3. The van der Waals surface area contributed by atoms with Crippen LogP contribution in [-0.2, 0) is 9.53 Å². The number of rotatable bonds is 8. The highest BCUT2D eigenvalue weighted by molar-refractivity contribution is 7.80. The van der Waals surface area contributed by atoms with Gasteiger partial charge in [-0.3, -0.25) is 20.4 Å². The average molecular weight is 421 g/mol. The van der Waals surface area contributed by atoms with Gasteiger partial charge in [-0.15, -0.1) is 11.3 Å². The summed E-state index contributed by atoms with van der Waals surface area (Å²) in [6.07, 6.45) is 2.95. The standard InChI is InChI=1S/C19H24N4O3S2/c1-13-16(28-18(21-13)14-9-5-3-6-10-14)17(25)22-23-19(27)20-12-8-4-7-11-15(24)26-2/h3,5-6,9-10H,4,7-8,11-12H2,1-2H3,(H,22,25)(H2,20,23,27). The molecule has 1 amide bonds. The van der Waals surface area contributed by atoms with E-state index in [1.807, 2.05) is 37.3 Å². The molecule has 0 aliphatic rings. The Bertz CT molecular complexity index is 809. The first kappa shape index (κ1) is 21.8. The summed E-state index contributed by atoms with van der Waals surface area (Å²) < 4.78 is 4.59. The Kier molecular flexibility index (Phi) is 8.83. The molecule has 0 aliphatic carbocycles. The minimum atomic E-state index is -0.278. The van der Waals surface area contributed by atoms with E-state index < -0.39 is 0 Å². The Labute approximate surface area is 173 Å². The number of esters is 1. The minimum absolute atomic E-state index is 0.193. The second-order valence-corrected chi connectivity index (χ2v) is 7.43. The van der Waals surface area contributed by atoms with Crippen molar-refractivity contribution < 1.29 is 14.3 Å². The molecule has 0 fully saturated rings. The van der Waals surface area contributed by atoms with E-state index >= 15 is 0 Å². The maximum absolute atomic E-state index is 12.4. The number of carbonyl (C=O) groups excluding carboxylic acids is 2. The molecular formula is C19H24N4O3S2. The van der Waals surface area contributed by atoms with Gasteiger partial charge in [0.1, 0.15) is 9.88 Å². The molecule has 0 unspecified atom stereocenters. The number of carbonyl (C=O) groups is 2. The van der Waals surface area contributed by atoms with E-state index in [4.69, 9.17) is 12.2 Å². The molecule has 0 aliphatic heterocycles. The third kappa shape index (κ3) is 6.90. The first-order valence-electron chi connectivity index (χ1n) is 8.95. The van der Waals surface area contributed by atoms with Crippen molar-refractivity contribution in [2.75, 3.05) is 13.7 Å². The number of thiazole rings is 1. The largest absolute Gasteiger partial charge is 0.469 e. The zero-order valence-corrected chi connectivity index (χ0v) is 17.5. The van der Waals surface area contributed by atoms with Gasteiger partial charge in [-0.2, -0.15) is 0 Å². The molecule has 0 saturated carbocycles. The fourth-order valence-electron chi connectivity index (χ4n) is 2.40. The normalized spacial score (nSPS) is 10.2. The number of aryl methyl sites for hydroxylation is 1. The second kappa shape index (κ2) is 11.4. The number of hydrogen-bond acceptors (Lipinski definition) is 6. The molecule has 0 saturated heterocycles. The van der Waals surface area contributed by atoms with Gasteiger partial charge in [-0.05, 0) is 32.0 Å². The molecule has 1 aromatic heterocycles. The van der Waals surface area contributed by atoms with E-state index in [9.17, 15) is 9.59 Å². The lowest BCUT2D eigenvalue weighted by molar-refractivity contribution is -0.140. The molecule has 9 heteroatoms. The maximum atomic E-state index is 12.4. The van der Waals surface area contributed by atoms with Gasteiger partial charge in [-0.25, -0.2) is 4.98 Å². The van der Waals surface area contributed by atoms with Gasteiger partial charge in [0.2, 0.25) is 0 Å². The van der Waals surface area contributed by atoms with Crippen LogP contribution < -0.4 is 16.2 Å². The molecule has 0 atom stereocenters. The Morgan fingerprint density at radius 1 is 1.14 bits per heavy atom. The summed E-state index contributed by atoms with van der Waals surface area (Å²) >= 11 is 6.49. The number of amides is 1. The van der Waals surface area contributed by atoms with Gasteiger partial charge in [-0.1, -0.05) is 36.8 Å². The predicted molar refractivity (Wildman–Crippen MR) is 114 cm³/mol. The van der Waals surface area contributed by atoms with Crippen LogP contribution in [0.25, 0.3) is 10.6 Å². The molecule has 1 heterocycles. The fraction of sp³-hybridized carbons (Fsp3) is 0.368. The van der Waals surface area contributed by atoms with Crippen molar-refractivity contribution in [2.24, 2.45) is 0 Å². The molecule has 7 nitrogen and oxygen atoms in total. The van der Waals surface area contributed by atoms with Crippen LogP contribution in [0.3, 0.4) is 0 Å². The van der Waals surface area contributed by atoms with Crippen molar-refractivity contribution in [1.82, 2.24) is 21.2 Å². The van der Waals surface area contributed by atoms with Crippen molar-refractivity contribution in [3.63, 3.8) is 0 Å². The van der Waals surface area contributed by atoms with Crippen LogP contribution in [0.4, 0.5) is 0 Å².